The maximum absolute atomic E-state index is 13.4. The molecule has 1 aliphatic rings. The summed E-state index contributed by atoms with van der Waals surface area (Å²) in [5, 5.41) is 0. The van der Waals surface area contributed by atoms with Crippen LogP contribution in [0.3, 0.4) is 0 Å². The van der Waals surface area contributed by atoms with E-state index < -0.39 is 10.0 Å². The molecule has 158 valence electrons. The summed E-state index contributed by atoms with van der Waals surface area (Å²) in [5.41, 5.74) is 1.18. The Morgan fingerprint density at radius 2 is 1.64 bits per heavy atom. The lowest BCUT2D eigenvalue weighted by atomic mass is 10.1. The molecule has 0 N–H and O–H groups in total. The molecule has 0 aromatic heterocycles. The lowest BCUT2D eigenvalue weighted by molar-refractivity contribution is 0.0627. The zero-order valence-corrected chi connectivity index (χ0v) is 18.0. The Morgan fingerprint density at radius 3 is 2.14 bits per heavy atom. The second-order valence-electron chi connectivity index (χ2n) is 6.94. The fourth-order valence-corrected chi connectivity index (χ4v) is 4.11. The Bertz CT molecular complexity index is 753. The van der Waals surface area contributed by atoms with Crippen LogP contribution in [-0.4, -0.2) is 91.2 Å². The number of carbonyl (C=O) groups is 1. The molecule has 0 spiro atoms. The van der Waals surface area contributed by atoms with Gasteiger partial charge in [-0.3, -0.25) is 4.79 Å². The first-order valence-electron chi connectivity index (χ1n) is 9.41. The number of sulfonamides is 1. The van der Waals surface area contributed by atoms with Gasteiger partial charge in [0, 0.05) is 60.2 Å². The summed E-state index contributed by atoms with van der Waals surface area (Å²) in [7, 11) is 2.49. The molecule has 0 bridgehead atoms. The zero-order chi connectivity index (χ0) is 20.7. The van der Waals surface area contributed by atoms with E-state index in [1.54, 1.807) is 31.3 Å². The average Bonchev–Trinajstić information content (AvgIpc) is 3.21. The van der Waals surface area contributed by atoms with Gasteiger partial charge in [0.1, 0.15) is 0 Å². The van der Waals surface area contributed by atoms with Gasteiger partial charge in [-0.15, -0.1) is 0 Å². The van der Waals surface area contributed by atoms with Crippen LogP contribution in [0, 0.1) is 0 Å². The molecule has 1 aliphatic heterocycles. The number of carbonyl (C=O) groups excluding carboxylic acids is 1. The molecule has 9 heteroatoms. The van der Waals surface area contributed by atoms with Crippen molar-refractivity contribution in [1.82, 2.24) is 9.21 Å². The summed E-state index contributed by atoms with van der Waals surface area (Å²) in [6.45, 7) is 3.31. The maximum Gasteiger partial charge on any atom is 0.256 e. The second-order valence-corrected chi connectivity index (χ2v) is 9.09. The maximum atomic E-state index is 13.4. The number of methoxy groups -OCH3 is 2. The topological polar surface area (TPSA) is 79.4 Å². The number of anilines is 1. The molecule has 1 saturated heterocycles. The van der Waals surface area contributed by atoms with Crippen molar-refractivity contribution >= 4 is 21.6 Å². The van der Waals surface area contributed by atoms with E-state index >= 15 is 0 Å². The number of hydrogen-bond acceptors (Lipinski definition) is 6. The minimum atomic E-state index is -3.64. The van der Waals surface area contributed by atoms with Crippen LogP contribution in [-0.2, 0) is 19.5 Å². The molecular formula is C19H31N3O5S. The first-order chi connectivity index (χ1) is 13.3. The second kappa shape index (κ2) is 10.2. The largest absolute Gasteiger partial charge is 0.383 e. The Labute approximate surface area is 168 Å². The third kappa shape index (κ3) is 5.22. The molecule has 0 aliphatic carbocycles. The van der Waals surface area contributed by atoms with Gasteiger partial charge >= 0.3 is 0 Å². The summed E-state index contributed by atoms with van der Waals surface area (Å²) < 4.78 is 36.6. The molecule has 28 heavy (non-hydrogen) atoms. The highest BCUT2D eigenvalue weighted by molar-refractivity contribution is 7.89. The van der Waals surface area contributed by atoms with Gasteiger partial charge in [0.05, 0.1) is 23.7 Å². The number of amides is 1. The van der Waals surface area contributed by atoms with Crippen LogP contribution in [0.2, 0.25) is 0 Å². The van der Waals surface area contributed by atoms with Crippen molar-refractivity contribution in [3.05, 3.63) is 23.8 Å². The number of benzene rings is 1. The third-order valence-corrected chi connectivity index (χ3v) is 6.65. The molecule has 1 amide bonds. The van der Waals surface area contributed by atoms with Gasteiger partial charge in [-0.05, 0) is 31.0 Å². The van der Waals surface area contributed by atoms with Crippen molar-refractivity contribution in [3.63, 3.8) is 0 Å². The van der Waals surface area contributed by atoms with E-state index in [-0.39, 0.29) is 10.8 Å². The number of rotatable bonds is 10. The molecular weight excluding hydrogens is 382 g/mol. The quantitative estimate of drug-likeness (QED) is 0.575. The van der Waals surface area contributed by atoms with Gasteiger partial charge in [0.25, 0.3) is 5.91 Å². The predicted octanol–water partition coefficient (Wildman–Crippen LogP) is 1.27. The molecule has 2 rings (SSSR count). The minimum Gasteiger partial charge on any atom is -0.383 e. The highest BCUT2D eigenvalue weighted by Crippen LogP contribution is 2.29. The van der Waals surface area contributed by atoms with E-state index in [4.69, 9.17) is 9.47 Å². The molecule has 0 atom stereocenters. The SMILES string of the molecule is COCCN(CCOC)C(=O)c1cc(S(=O)(=O)N(C)C)ccc1N1CCCC1. The highest BCUT2D eigenvalue weighted by atomic mass is 32.2. The van der Waals surface area contributed by atoms with E-state index in [1.807, 2.05) is 0 Å². The average molecular weight is 414 g/mol. The van der Waals surface area contributed by atoms with Crippen LogP contribution < -0.4 is 4.90 Å². The van der Waals surface area contributed by atoms with E-state index in [0.29, 0.717) is 31.9 Å². The van der Waals surface area contributed by atoms with Crippen molar-refractivity contribution in [2.75, 3.05) is 72.6 Å². The van der Waals surface area contributed by atoms with Crippen LogP contribution in [0.25, 0.3) is 0 Å². The third-order valence-electron chi connectivity index (χ3n) is 4.84. The molecule has 1 heterocycles. The van der Waals surface area contributed by atoms with Crippen molar-refractivity contribution in [1.29, 1.82) is 0 Å². The van der Waals surface area contributed by atoms with Gasteiger partial charge in [0.15, 0.2) is 0 Å². The normalized spacial score (nSPS) is 14.7. The molecule has 1 aromatic carbocycles. The summed E-state index contributed by atoms with van der Waals surface area (Å²) in [6.07, 6.45) is 2.12. The number of ether oxygens (including phenoxy) is 2. The van der Waals surface area contributed by atoms with Gasteiger partial charge < -0.3 is 19.3 Å². The summed E-state index contributed by atoms with van der Waals surface area (Å²) in [5.74, 6) is -0.216. The van der Waals surface area contributed by atoms with Crippen molar-refractivity contribution < 1.29 is 22.7 Å². The van der Waals surface area contributed by atoms with Crippen LogP contribution in [0.15, 0.2) is 23.1 Å². The Balaban J connectivity index is 2.47. The summed E-state index contributed by atoms with van der Waals surface area (Å²) >= 11 is 0. The van der Waals surface area contributed by atoms with Crippen molar-refractivity contribution in [2.24, 2.45) is 0 Å². The molecule has 0 saturated carbocycles. The van der Waals surface area contributed by atoms with E-state index in [9.17, 15) is 13.2 Å². The minimum absolute atomic E-state index is 0.113. The molecule has 1 fully saturated rings. The van der Waals surface area contributed by atoms with E-state index in [0.717, 1.165) is 35.9 Å². The highest BCUT2D eigenvalue weighted by Gasteiger charge is 2.27. The number of hydrogen-bond donors (Lipinski definition) is 0. The van der Waals surface area contributed by atoms with Crippen molar-refractivity contribution in [2.45, 2.75) is 17.7 Å². The van der Waals surface area contributed by atoms with Gasteiger partial charge in [0.2, 0.25) is 10.0 Å². The lowest BCUT2D eigenvalue weighted by Crippen LogP contribution is -2.37. The van der Waals surface area contributed by atoms with Gasteiger partial charge in [-0.25, -0.2) is 12.7 Å². The van der Waals surface area contributed by atoms with Gasteiger partial charge in [-0.2, -0.15) is 0 Å². The molecule has 0 radical (unpaired) electrons. The van der Waals surface area contributed by atoms with E-state index in [1.165, 1.54) is 20.2 Å². The summed E-state index contributed by atoms with van der Waals surface area (Å²) in [4.78, 5) is 17.3. The van der Waals surface area contributed by atoms with Gasteiger partial charge in [-0.1, -0.05) is 0 Å². The Hall–Kier alpha value is -1.68. The smallest absolute Gasteiger partial charge is 0.256 e. The van der Waals surface area contributed by atoms with Crippen LogP contribution in [0.4, 0.5) is 5.69 Å². The monoisotopic (exact) mass is 413 g/mol. The van der Waals surface area contributed by atoms with Crippen LogP contribution in [0.1, 0.15) is 23.2 Å². The molecule has 0 unspecified atom stereocenters. The fourth-order valence-electron chi connectivity index (χ4n) is 3.18. The molecule has 1 aromatic rings. The van der Waals surface area contributed by atoms with Crippen LogP contribution in [0.5, 0.6) is 0 Å². The lowest BCUT2D eigenvalue weighted by Gasteiger charge is -2.27. The van der Waals surface area contributed by atoms with E-state index in [2.05, 4.69) is 4.90 Å². The Kier molecular flexibility index (Phi) is 8.23. The zero-order valence-electron chi connectivity index (χ0n) is 17.2. The number of nitrogens with zero attached hydrogens (tertiary/aromatic N) is 3. The predicted molar refractivity (Wildman–Crippen MR) is 108 cm³/mol. The standard InChI is InChI=1S/C19H31N3O5S/c1-20(2)28(24,25)16-7-8-18(21-9-5-6-10-21)17(15-16)19(23)22(11-13-26-3)12-14-27-4/h7-8,15H,5-6,9-14H2,1-4H3. The molecule has 8 nitrogen and oxygen atoms in total. The fraction of sp³-hybridized carbons (Fsp3) is 0.632. The van der Waals surface area contributed by atoms with Crippen molar-refractivity contribution in [3.8, 4) is 0 Å². The van der Waals surface area contributed by atoms with Crippen LogP contribution >= 0.6 is 0 Å². The Morgan fingerprint density at radius 1 is 1.07 bits per heavy atom. The first-order valence-corrected chi connectivity index (χ1v) is 10.9. The first kappa shape index (κ1) is 22.6. The summed E-state index contributed by atoms with van der Waals surface area (Å²) in [6, 6.07) is 4.83.